The molecule has 0 amide bonds. The van der Waals surface area contributed by atoms with Gasteiger partial charge in [0.2, 0.25) is 0 Å². The van der Waals surface area contributed by atoms with Crippen molar-refractivity contribution in [3.8, 4) is 0 Å². The van der Waals surface area contributed by atoms with Gasteiger partial charge in [-0.25, -0.2) is 15.8 Å². The molecule has 2 rings (SSSR count). The molecule has 4 N–H and O–H groups in total. The van der Waals surface area contributed by atoms with Crippen molar-refractivity contribution < 1.29 is 0 Å². The van der Waals surface area contributed by atoms with Gasteiger partial charge in [-0.3, -0.25) is 0 Å². The number of nitrogen functional groups attached to an aromatic ring is 1. The highest BCUT2D eigenvalue weighted by atomic mass is 15.3. The molecule has 0 aliphatic rings. The molecule has 5 nitrogen and oxygen atoms in total. The van der Waals surface area contributed by atoms with Gasteiger partial charge in [-0.2, -0.15) is 0 Å². The molecule has 5 heteroatoms. The number of hydrogen-bond donors (Lipinski definition) is 3. The van der Waals surface area contributed by atoms with Crippen molar-refractivity contribution in [3.63, 3.8) is 0 Å². The van der Waals surface area contributed by atoms with Crippen LogP contribution in [0.4, 0.5) is 11.6 Å². The second-order valence-corrected chi connectivity index (χ2v) is 4.75. The minimum atomic E-state index is 0.408. The highest BCUT2D eigenvalue weighted by Gasteiger charge is 2.07. The average Bonchev–Trinajstić information content (AvgIpc) is 2.53. The highest BCUT2D eigenvalue weighted by Crippen LogP contribution is 2.16. The van der Waals surface area contributed by atoms with Crippen LogP contribution in [-0.2, 0) is 6.42 Å². The summed E-state index contributed by atoms with van der Waals surface area (Å²) in [6, 6.07) is 12.2. The minimum Gasteiger partial charge on any atom is -0.369 e. The number of hydrazine groups is 1. The smallest absolute Gasteiger partial charge is 0.145 e. The number of benzene rings is 1. The van der Waals surface area contributed by atoms with Crippen molar-refractivity contribution in [2.24, 2.45) is 5.84 Å². The quantitative estimate of drug-likeness (QED) is 0.556. The summed E-state index contributed by atoms with van der Waals surface area (Å²) in [6.45, 7) is 5.02. The number of aryl methyl sites for hydroxylation is 1. The van der Waals surface area contributed by atoms with Gasteiger partial charge in [-0.15, -0.1) is 0 Å². The number of anilines is 2. The lowest BCUT2D eigenvalue weighted by atomic mass is 10.0. The Kier molecular flexibility index (Phi) is 4.90. The molecule has 1 aromatic heterocycles. The second kappa shape index (κ2) is 6.86. The summed E-state index contributed by atoms with van der Waals surface area (Å²) in [4.78, 5) is 8.72. The van der Waals surface area contributed by atoms with Gasteiger partial charge in [0.1, 0.15) is 17.5 Å². The van der Waals surface area contributed by atoms with Crippen molar-refractivity contribution in [2.75, 3.05) is 17.3 Å². The van der Waals surface area contributed by atoms with Crippen molar-refractivity contribution in [1.29, 1.82) is 0 Å². The number of nitrogens with two attached hydrogens (primary N) is 1. The molecule has 0 saturated carbocycles. The van der Waals surface area contributed by atoms with Crippen LogP contribution in [0.3, 0.4) is 0 Å². The van der Waals surface area contributed by atoms with Gasteiger partial charge in [0.25, 0.3) is 0 Å². The first kappa shape index (κ1) is 14.3. The van der Waals surface area contributed by atoms with Gasteiger partial charge in [0.05, 0.1) is 0 Å². The summed E-state index contributed by atoms with van der Waals surface area (Å²) in [5, 5.41) is 3.35. The van der Waals surface area contributed by atoms with E-state index in [0.29, 0.717) is 11.7 Å². The maximum atomic E-state index is 5.42. The number of rotatable bonds is 6. The van der Waals surface area contributed by atoms with E-state index >= 15 is 0 Å². The Hall–Kier alpha value is -2.14. The Morgan fingerprint density at radius 1 is 1.15 bits per heavy atom. The number of nitrogens with zero attached hydrogens (tertiary/aromatic N) is 2. The number of nitrogens with one attached hydrogen (secondary N) is 2. The van der Waals surface area contributed by atoms with Gasteiger partial charge in [-0.1, -0.05) is 44.2 Å². The molecule has 1 aromatic carbocycles. The molecule has 0 bridgehead atoms. The Labute approximate surface area is 119 Å². The lowest BCUT2D eigenvalue weighted by Gasteiger charge is -2.14. The van der Waals surface area contributed by atoms with Crippen LogP contribution in [0.15, 0.2) is 36.4 Å². The lowest BCUT2D eigenvalue weighted by molar-refractivity contribution is 0.798. The van der Waals surface area contributed by atoms with Gasteiger partial charge in [-0.05, 0) is 11.5 Å². The van der Waals surface area contributed by atoms with E-state index in [1.165, 1.54) is 5.56 Å². The predicted octanol–water partition coefficient (Wildman–Crippen LogP) is 2.54. The monoisotopic (exact) mass is 271 g/mol. The first-order valence-corrected chi connectivity index (χ1v) is 6.86. The first-order valence-electron chi connectivity index (χ1n) is 6.86. The van der Waals surface area contributed by atoms with Crippen molar-refractivity contribution in [1.82, 2.24) is 9.97 Å². The number of hydrogen-bond acceptors (Lipinski definition) is 5. The highest BCUT2D eigenvalue weighted by molar-refractivity contribution is 5.47. The van der Waals surface area contributed by atoms with E-state index in [2.05, 4.69) is 51.9 Å². The summed E-state index contributed by atoms with van der Waals surface area (Å²) >= 11 is 0. The third-order valence-corrected chi connectivity index (χ3v) is 3.19. The van der Waals surface area contributed by atoms with Crippen LogP contribution in [-0.4, -0.2) is 16.5 Å². The van der Waals surface area contributed by atoms with Crippen LogP contribution < -0.4 is 16.6 Å². The molecule has 0 radical (unpaired) electrons. The topological polar surface area (TPSA) is 75.9 Å². The summed E-state index contributed by atoms with van der Waals surface area (Å²) in [5.74, 6) is 8.03. The number of aromatic nitrogens is 2. The van der Waals surface area contributed by atoms with Crippen LogP contribution >= 0.6 is 0 Å². The second-order valence-electron chi connectivity index (χ2n) is 4.75. The Morgan fingerprint density at radius 2 is 1.85 bits per heavy atom. The standard InChI is InChI=1S/C15H21N5/c1-3-13-18-14(9-15(19-13)20-16)17-10-11(2)12-7-5-4-6-8-12/h4-9,11H,3,10,16H2,1-2H3,(H2,17,18,19,20). The summed E-state index contributed by atoms with van der Waals surface area (Å²) in [5.41, 5.74) is 3.88. The van der Waals surface area contributed by atoms with Crippen LogP contribution in [0.5, 0.6) is 0 Å². The maximum Gasteiger partial charge on any atom is 0.145 e. The molecule has 1 heterocycles. The van der Waals surface area contributed by atoms with E-state index in [1.54, 1.807) is 0 Å². The van der Waals surface area contributed by atoms with Gasteiger partial charge < -0.3 is 10.7 Å². The fraction of sp³-hybridized carbons (Fsp3) is 0.333. The fourth-order valence-corrected chi connectivity index (χ4v) is 1.98. The van der Waals surface area contributed by atoms with Crippen LogP contribution in [0, 0.1) is 0 Å². The average molecular weight is 271 g/mol. The van der Waals surface area contributed by atoms with Crippen molar-refractivity contribution >= 4 is 11.6 Å². The predicted molar refractivity (Wildman–Crippen MR) is 82.6 cm³/mol. The van der Waals surface area contributed by atoms with Crippen LogP contribution in [0.1, 0.15) is 31.2 Å². The van der Waals surface area contributed by atoms with E-state index in [4.69, 9.17) is 5.84 Å². The van der Waals surface area contributed by atoms with Crippen LogP contribution in [0.25, 0.3) is 0 Å². The van der Waals surface area contributed by atoms with Crippen molar-refractivity contribution in [3.05, 3.63) is 47.8 Å². The summed E-state index contributed by atoms with van der Waals surface area (Å²) in [7, 11) is 0. The summed E-state index contributed by atoms with van der Waals surface area (Å²) in [6.07, 6.45) is 0.776. The molecule has 0 spiro atoms. The normalized spacial score (nSPS) is 11.9. The largest absolute Gasteiger partial charge is 0.369 e. The SMILES string of the molecule is CCc1nc(NN)cc(NCC(C)c2ccccc2)n1. The molecule has 1 atom stereocenters. The van der Waals surface area contributed by atoms with Gasteiger partial charge in [0.15, 0.2) is 0 Å². The van der Waals surface area contributed by atoms with Crippen LogP contribution in [0.2, 0.25) is 0 Å². The molecular weight excluding hydrogens is 250 g/mol. The lowest BCUT2D eigenvalue weighted by Crippen LogP contribution is -2.14. The molecule has 2 aromatic rings. The Morgan fingerprint density at radius 3 is 2.50 bits per heavy atom. The molecule has 20 heavy (non-hydrogen) atoms. The van der Waals surface area contributed by atoms with E-state index in [9.17, 15) is 0 Å². The Balaban J connectivity index is 2.03. The maximum absolute atomic E-state index is 5.42. The first-order chi connectivity index (χ1) is 9.72. The van der Waals surface area contributed by atoms with Gasteiger partial charge >= 0.3 is 0 Å². The van der Waals surface area contributed by atoms with Gasteiger partial charge in [0, 0.05) is 19.0 Å². The molecule has 106 valence electrons. The van der Waals surface area contributed by atoms with Crippen molar-refractivity contribution in [2.45, 2.75) is 26.2 Å². The minimum absolute atomic E-state index is 0.408. The fourth-order valence-electron chi connectivity index (χ4n) is 1.98. The Bertz CT molecular complexity index is 519. The molecule has 0 aliphatic heterocycles. The van der Waals surface area contributed by atoms with E-state index < -0.39 is 0 Å². The van der Waals surface area contributed by atoms with E-state index in [-0.39, 0.29) is 0 Å². The molecular formula is C15H21N5. The zero-order chi connectivity index (χ0) is 14.4. The molecule has 0 saturated heterocycles. The third-order valence-electron chi connectivity index (χ3n) is 3.19. The van der Waals surface area contributed by atoms with E-state index in [0.717, 1.165) is 24.6 Å². The molecule has 0 fully saturated rings. The molecule has 0 aliphatic carbocycles. The molecule has 1 unspecified atom stereocenters. The van der Waals surface area contributed by atoms with E-state index in [1.807, 2.05) is 19.1 Å². The zero-order valence-corrected chi connectivity index (χ0v) is 11.9. The summed E-state index contributed by atoms with van der Waals surface area (Å²) < 4.78 is 0. The zero-order valence-electron chi connectivity index (χ0n) is 11.9. The third kappa shape index (κ3) is 3.68.